The fourth-order valence-electron chi connectivity index (χ4n) is 0.796. The van der Waals surface area contributed by atoms with Crippen LogP contribution >= 0.6 is 0 Å². The van der Waals surface area contributed by atoms with Gasteiger partial charge in [-0.2, -0.15) is 21.6 Å². The van der Waals surface area contributed by atoms with Crippen LogP contribution in [0.4, 0.5) is 17.6 Å². The average Bonchev–Trinajstić information content (AvgIpc) is 2.19. The molecule has 0 aromatic heterocycles. The van der Waals surface area contributed by atoms with Gasteiger partial charge in [0.05, 0.1) is 0 Å². The van der Waals surface area contributed by atoms with Gasteiger partial charge < -0.3 is 4.90 Å². The van der Waals surface area contributed by atoms with E-state index < -0.39 is 22.5 Å². The normalized spacial score (nSPS) is 12.2. The topological polar surface area (TPSA) is 46.6 Å². The predicted octanol–water partition coefficient (Wildman–Crippen LogP) is 2.13. The van der Waals surface area contributed by atoms with Crippen molar-refractivity contribution in [2.75, 3.05) is 26.5 Å². The summed E-state index contributed by atoms with van der Waals surface area (Å²) < 4.78 is 66.4. The Balaban J connectivity index is 0. The van der Waals surface area contributed by atoms with Crippen molar-refractivity contribution in [1.82, 2.24) is 4.90 Å². The smallest absolute Gasteiger partial charge is 0.304 e. The third-order valence-corrected chi connectivity index (χ3v) is 2.79. The zero-order chi connectivity index (χ0) is 14.1. The summed E-state index contributed by atoms with van der Waals surface area (Å²) in [5.41, 5.74) is -5.54. The average molecular weight is 283 g/mol. The highest BCUT2D eigenvalue weighted by molar-refractivity contribution is 7.87. The van der Waals surface area contributed by atoms with Crippen LogP contribution in [0.3, 0.4) is 0 Å². The fraction of sp³-hybridized carbons (Fsp3) is 1.00. The van der Waals surface area contributed by atoms with Gasteiger partial charge in [-0.15, -0.1) is 0 Å². The van der Waals surface area contributed by atoms with Gasteiger partial charge in [0.1, 0.15) is 0 Å². The van der Waals surface area contributed by atoms with Gasteiger partial charge in [0.15, 0.2) is 0 Å². The number of alkyl halides is 4. The van der Waals surface area contributed by atoms with E-state index in [1.807, 2.05) is 0 Å². The van der Waals surface area contributed by atoms with E-state index in [-0.39, 0.29) is 0 Å². The maximum atomic E-state index is 11.1. The molecule has 0 unspecified atom stereocenters. The van der Waals surface area contributed by atoms with Gasteiger partial charge in [-0.1, -0.05) is 20.8 Å². The Kier molecular flexibility index (Phi) is 9.64. The summed E-state index contributed by atoms with van der Waals surface area (Å²) in [6.45, 7) is 8.11. The summed E-state index contributed by atoms with van der Waals surface area (Å²) in [4.78, 5) is 2.38. The summed E-state index contributed by atoms with van der Waals surface area (Å²) >= 11 is 0. The second kappa shape index (κ2) is 8.65. The summed E-state index contributed by atoms with van der Waals surface area (Å²) in [5.74, 6) is 0. The Morgan fingerprint density at radius 1 is 1.06 bits per heavy atom. The second-order valence-corrected chi connectivity index (χ2v) is 4.35. The third-order valence-electron chi connectivity index (χ3n) is 1.82. The van der Waals surface area contributed by atoms with Crippen LogP contribution in [0.2, 0.25) is 0 Å². The molecule has 0 aliphatic carbocycles. The first-order chi connectivity index (χ1) is 7.66. The summed E-state index contributed by atoms with van der Waals surface area (Å²) in [7, 11) is -5.72. The van der Waals surface area contributed by atoms with Crippen molar-refractivity contribution in [1.29, 1.82) is 0 Å². The van der Waals surface area contributed by atoms with Gasteiger partial charge in [-0.3, -0.25) is 0 Å². The minimum atomic E-state index is -5.72. The highest BCUT2D eigenvalue weighted by atomic mass is 32.2. The van der Waals surface area contributed by atoms with E-state index >= 15 is 0 Å². The fourth-order valence-corrected chi connectivity index (χ4v) is 1.05. The van der Waals surface area contributed by atoms with Crippen LogP contribution in [0.5, 0.6) is 0 Å². The molecule has 0 atom stereocenters. The lowest BCUT2D eigenvalue weighted by molar-refractivity contribution is -0.0567. The number of rotatable bonds is 5. The third kappa shape index (κ3) is 8.33. The van der Waals surface area contributed by atoms with E-state index in [1.54, 1.807) is 0 Å². The Hall–Kier alpha value is -0.410. The minimum Gasteiger partial charge on any atom is -0.304 e. The van der Waals surface area contributed by atoms with Crippen LogP contribution in [0, 0.1) is 0 Å². The van der Waals surface area contributed by atoms with Crippen LogP contribution in [0.15, 0.2) is 0 Å². The summed E-state index contributed by atoms with van der Waals surface area (Å²) in [6.07, 6.45) is 0. The summed E-state index contributed by atoms with van der Waals surface area (Å²) in [6, 6.07) is 0. The van der Waals surface area contributed by atoms with E-state index in [0.717, 1.165) is 0 Å². The molecule has 0 saturated carbocycles. The van der Waals surface area contributed by atoms with Crippen molar-refractivity contribution in [2.24, 2.45) is 0 Å². The predicted molar refractivity (Wildman–Crippen MR) is 55.5 cm³/mol. The largest absolute Gasteiger partial charge is 0.523 e. The van der Waals surface area contributed by atoms with Crippen LogP contribution in [-0.4, -0.2) is 45.3 Å². The summed E-state index contributed by atoms with van der Waals surface area (Å²) in [5, 5.41) is 0. The molecule has 0 aliphatic rings. The first-order valence-electron chi connectivity index (χ1n) is 4.90. The van der Waals surface area contributed by atoms with Crippen molar-refractivity contribution in [2.45, 2.75) is 26.3 Å². The molecule has 0 bridgehead atoms. The monoisotopic (exact) mass is 283 g/mol. The van der Waals surface area contributed by atoms with Crippen molar-refractivity contribution in [3.05, 3.63) is 0 Å². The van der Waals surface area contributed by atoms with E-state index in [1.165, 1.54) is 19.6 Å². The molecule has 0 aliphatic heterocycles. The Labute approximate surface area is 98.7 Å². The molecule has 0 amide bonds. The molecular formula is C8H17F4NO3S. The zero-order valence-corrected chi connectivity index (χ0v) is 10.7. The molecule has 0 saturated heterocycles. The standard InChI is InChI=1S/C6H15N.C2H2F4O3S/c1-4-7(5-2)6-3;3-1-9-10(7,8)2(4,5)6/h4-6H2,1-3H3;1H2. The lowest BCUT2D eigenvalue weighted by atomic mass is 10.5. The molecule has 9 heteroatoms. The van der Waals surface area contributed by atoms with Gasteiger partial charge in [0.2, 0.25) is 6.86 Å². The van der Waals surface area contributed by atoms with E-state index in [9.17, 15) is 26.0 Å². The molecule has 0 aromatic rings. The van der Waals surface area contributed by atoms with Crippen LogP contribution in [0.25, 0.3) is 0 Å². The van der Waals surface area contributed by atoms with Crippen LogP contribution < -0.4 is 0 Å². The molecule has 0 N–H and O–H groups in total. The highest BCUT2D eigenvalue weighted by Crippen LogP contribution is 2.24. The van der Waals surface area contributed by atoms with E-state index in [4.69, 9.17) is 0 Å². The van der Waals surface area contributed by atoms with Gasteiger partial charge in [-0.25, -0.2) is 8.57 Å². The molecule has 4 nitrogen and oxygen atoms in total. The van der Waals surface area contributed by atoms with Crippen molar-refractivity contribution < 1.29 is 30.2 Å². The molecule has 0 radical (unpaired) electrons. The van der Waals surface area contributed by atoms with E-state index in [0.29, 0.717) is 0 Å². The molecule has 0 aromatic carbocycles. The second-order valence-electron chi connectivity index (χ2n) is 2.75. The maximum absolute atomic E-state index is 11.1. The molecule has 0 spiro atoms. The SMILES string of the molecule is CCN(CC)CC.O=S(=O)(OCF)C(F)(F)F. The number of nitrogens with zero attached hydrogens (tertiary/aromatic N) is 1. The molecule has 17 heavy (non-hydrogen) atoms. The maximum Gasteiger partial charge on any atom is 0.523 e. The number of hydrogen-bond acceptors (Lipinski definition) is 4. The number of halogens is 4. The van der Waals surface area contributed by atoms with Crippen molar-refractivity contribution in [3.63, 3.8) is 0 Å². The van der Waals surface area contributed by atoms with Crippen LogP contribution in [0.1, 0.15) is 20.8 Å². The van der Waals surface area contributed by atoms with Gasteiger partial charge in [-0.05, 0) is 19.6 Å². The molecular weight excluding hydrogens is 266 g/mol. The lowest BCUT2D eigenvalue weighted by Crippen LogP contribution is -2.25. The molecule has 0 fully saturated rings. The zero-order valence-electron chi connectivity index (χ0n) is 9.92. The lowest BCUT2D eigenvalue weighted by Gasteiger charge is -2.13. The van der Waals surface area contributed by atoms with Gasteiger partial charge in [0.25, 0.3) is 0 Å². The Bertz CT molecular complexity index is 269. The Morgan fingerprint density at radius 2 is 1.41 bits per heavy atom. The molecule has 0 rings (SSSR count). The van der Waals surface area contributed by atoms with Crippen molar-refractivity contribution in [3.8, 4) is 0 Å². The van der Waals surface area contributed by atoms with E-state index in [2.05, 4.69) is 29.9 Å². The molecule has 106 valence electrons. The minimum absolute atomic E-state index is 1.19. The first kappa shape index (κ1) is 18.9. The number of hydrogen-bond donors (Lipinski definition) is 0. The first-order valence-corrected chi connectivity index (χ1v) is 6.31. The van der Waals surface area contributed by atoms with Crippen LogP contribution in [-0.2, 0) is 14.3 Å². The van der Waals surface area contributed by atoms with Crippen molar-refractivity contribution >= 4 is 10.1 Å². The quantitative estimate of drug-likeness (QED) is 0.440. The highest BCUT2D eigenvalue weighted by Gasteiger charge is 2.47. The van der Waals surface area contributed by atoms with Gasteiger partial charge >= 0.3 is 15.6 Å². The van der Waals surface area contributed by atoms with Gasteiger partial charge in [0, 0.05) is 0 Å². The Morgan fingerprint density at radius 3 is 1.47 bits per heavy atom. The molecule has 0 heterocycles.